The Morgan fingerprint density at radius 1 is 1.05 bits per heavy atom. The molecule has 0 unspecified atom stereocenters. The van der Waals surface area contributed by atoms with Gasteiger partial charge in [0.15, 0.2) is 10.0 Å². The van der Waals surface area contributed by atoms with E-state index in [2.05, 4.69) is 30.6 Å². The Morgan fingerprint density at radius 2 is 1.83 bits per heavy atom. The zero-order chi connectivity index (χ0) is 28.7. The van der Waals surface area contributed by atoms with E-state index >= 15 is 0 Å². The van der Waals surface area contributed by atoms with Gasteiger partial charge in [-0.05, 0) is 57.6 Å². The number of nitrogens with one attached hydrogen (secondary N) is 1. The molecule has 212 valence electrons. The molecule has 41 heavy (non-hydrogen) atoms. The first kappa shape index (κ1) is 26.3. The van der Waals surface area contributed by atoms with Crippen LogP contribution in [0.15, 0.2) is 47.1 Å². The Balaban J connectivity index is 1.32. The van der Waals surface area contributed by atoms with Crippen molar-refractivity contribution in [2.45, 2.75) is 41.9 Å². The second-order valence-electron chi connectivity index (χ2n) is 11.5. The van der Waals surface area contributed by atoms with E-state index in [0.717, 1.165) is 77.0 Å². The molecule has 1 aromatic carbocycles. The number of rotatable bonds is 6. The first-order chi connectivity index (χ1) is 19.6. The fourth-order valence-corrected chi connectivity index (χ4v) is 8.37. The summed E-state index contributed by atoms with van der Waals surface area (Å²) in [5.74, 6) is 0.741. The summed E-state index contributed by atoms with van der Waals surface area (Å²) in [6.45, 7) is 3.29. The third kappa shape index (κ3) is 4.03. The van der Waals surface area contributed by atoms with Gasteiger partial charge in [0.1, 0.15) is 0 Å². The van der Waals surface area contributed by atoms with Gasteiger partial charge in [-0.2, -0.15) is 0 Å². The van der Waals surface area contributed by atoms with Gasteiger partial charge in [0.25, 0.3) is 10.0 Å². The highest BCUT2D eigenvalue weighted by atomic mass is 32.2. The molecule has 10 nitrogen and oxygen atoms in total. The molecule has 1 N–H and O–H groups in total. The van der Waals surface area contributed by atoms with Crippen molar-refractivity contribution in [2.24, 2.45) is 0 Å². The van der Waals surface area contributed by atoms with Gasteiger partial charge < -0.3 is 14.7 Å². The van der Waals surface area contributed by atoms with Crippen molar-refractivity contribution in [2.75, 3.05) is 48.8 Å². The maximum Gasteiger partial charge on any atom is 0.273 e. The molecular weight excluding hydrogens is 558 g/mol. The number of hydrogen-bond acceptors (Lipinski definition) is 9. The quantitative estimate of drug-likeness (QED) is 0.359. The third-order valence-electron chi connectivity index (χ3n) is 8.81. The standard InChI is InChI=1S/C29H31N7O3S2/c1-17-30-14-25(40-17)41(38,39)33-23-11-19(12-32-27(23)36-15-20(16-36)34(2)3)18-6-7-22-21(10-18)26-24(13-31-22)35(4)28(37)29(26)8-5-9-29/h6-7,10-14,20,33H,5,8-9,15-16H2,1-4H3. The predicted octanol–water partition coefficient (Wildman–Crippen LogP) is 4.01. The Labute approximate surface area is 243 Å². The lowest BCUT2D eigenvalue weighted by molar-refractivity contribution is -0.125. The fourth-order valence-electron chi connectivity index (χ4n) is 6.21. The minimum Gasteiger partial charge on any atom is -0.352 e. The number of aryl methyl sites for hydroxylation is 1. The number of carbonyl (C=O) groups excluding carboxylic acids is 1. The van der Waals surface area contributed by atoms with Crippen molar-refractivity contribution in [1.29, 1.82) is 0 Å². The van der Waals surface area contributed by atoms with Crippen LogP contribution >= 0.6 is 11.3 Å². The zero-order valence-electron chi connectivity index (χ0n) is 23.4. The third-order valence-corrected chi connectivity index (χ3v) is 11.5. The van der Waals surface area contributed by atoms with Crippen LogP contribution in [0.4, 0.5) is 17.2 Å². The maximum absolute atomic E-state index is 13.4. The average Bonchev–Trinajstić information content (AvgIpc) is 3.43. The molecule has 12 heteroatoms. The average molecular weight is 590 g/mol. The molecule has 0 atom stereocenters. The molecule has 4 aromatic rings. The minimum absolute atomic E-state index is 0.144. The lowest BCUT2D eigenvalue weighted by Crippen LogP contribution is -2.57. The first-order valence-electron chi connectivity index (χ1n) is 13.7. The molecule has 1 saturated heterocycles. The van der Waals surface area contributed by atoms with Crippen LogP contribution in [-0.4, -0.2) is 74.5 Å². The van der Waals surface area contributed by atoms with Crippen molar-refractivity contribution in [3.63, 3.8) is 0 Å². The number of nitrogens with zero attached hydrogens (tertiary/aromatic N) is 6. The van der Waals surface area contributed by atoms with Crippen LogP contribution in [0.3, 0.4) is 0 Å². The molecule has 1 saturated carbocycles. The van der Waals surface area contributed by atoms with Crippen molar-refractivity contribution < 1.29 is 13.2 Å². The summed E-state index contributed by atoms with van der Waals surface area (Å²) in [5, 5.41) is 1.64. The normalized spacial score (nSPS) is 18.2. The van der Waals surface area contributed by atoms with Gasteiger partial charge in [0.2, 0.25) is 5.91 Å². The Kier molecular flexibility index (Phi) is 5.90. The van der Waals surface area contributed by atoms with Gasteiger partial charge in [-0.3, -0.25) is 14.5 Å². The number of aromatic nitrogens is 3. The predicted molar refractivity (Wildman–Crippen MR) is 161 cm³/mol. The number of pyridine rings is 2. The van der Waals surface area contributed by atoms with Crippen LogP contribution in [0.2, 0.25) is 0 Å². The number of hydrogen-bond donors (Lipinski definition) is 1. The Morgan fingerprint density at radius 3 is 2.49 bits per heavy atom. The summed E-state index contributed by atoms with van der Waals surface area (Å²) >= 11 is 1.13. The highest BCUT2D eigenvalue weighted by molar-refractivity contribution is 7.94. The molecule has 1 spiro atoms. The van der Waals surface area contributed by atoms with E-state index in [4.69, 9.17) is 4.98 Å². The lowest BCUT2D eigenvalue weighted by atomic mass is 9.64. The molecule has 2 aliphatic heterocycles. The van der Waals surface area contributed by atoms with Gasteiger partial charge in [-0.1, -0.05) is 12.5 Å². The molecule has 5 heterocycles. The number of likely N-dealkylation sites (N-methyl/N-ethyl adjacent to an activating group) is 2. The minimum atomic E-state index is -3.85. The van der Waals surface area contributed by atoms with E-state index < -0.39 is 15.4 Å². The zero-order valence-corrected chi connectivity index (χ0v) is 25.0. The van der Waals surface area contributed by atoms with Crippen LogP contribution in [0.25, 0.3) is 22.0 Å². The van der Waals surface area contributed by atoms with Crippen molar-refractivity contribution >= 4 is 55.4 Å². The summed E-state index contributed by atoms with van der Waals surface area (Å²) < 4.78 is 29.7. The van der Waals surface area contributed by atoms with Gasteiger partial charge in [0, 0.05) is 48.9 Å². The molecule has 0 bridgehead atoms. The summed E-state index contributed by atoms with van der Waals surface area (Å²) in [6.07, 6.45) is 7.70. The van der Waals surface area contributed by atoms with Crippen molar-refractivity contribution in [1.82, 2.24) is 19.9 Å². The van der Waals surface area contributed by atoms with Gasteiger partial charge >= 0.3 is 0 Å². The summed E-state index contributed by atoms with van der Waals surface area (Å²) in [7, 11) is 2.06. The lowest BCUT2D eigenvalue weighted by Gasteiger charge is -2.44. The van der Waals surface area contributed by atoms with Crippen LogP contribution in [0.5, 0.6) is 0 Å². The van der Waals surface area contributed by atoms with E-state index in [1.54, 1.807) is 24.2 Å². The molecular formula is C29H31N7O3S2. The van der Waals surface area contributed by atoms with Crippen molar-refractivity contribution in [3.8, 4) is 11.1 Å². The highest BCUT2D eigenvalue weighted by Gasteiger charge is 2.54. The van der Waals surface area contributed by atoms with Gasteiger partial charge in [-0.25, -0.2) is 18.4 Å². The molecule has 1 amide bonds. The molecule has 3 aliphatic rings. The van der Waals surface area contributed by atoms with Crippen LogP contribution < -0.4 is 14.5 Å². The highest BCUT2D eigenvalue weighted by Crippen LogP contribution is 2.55. The summed E-state index contributed by atoms with van der Waals surface area (Å²) in [5.41, 5.74) is 4.37. The smallest absolute Gasteiger partial charge is 0.273 e. The van der Waals surface area contributed by atoms with E-state index in [0.29, 0.717) is 22.6 Å². The molecule has 1 aliphatic carbocycles. The Bertz CT molecular complexity index is 1830. The van der Waals surface area contributed by atoms with E-state index in [9.17, 15) is 13.2 Å². The van der Waals surface area contributed by atoms with Crippen LogP contribution in [0, 0.1) is 6.92 Å². The SMILES string of the molecule is Cc1ncc(S(=O)(=O)Nc2cc(-c3ccc4ncc5c(c4c3)C3(CCC3)C(=O)N5C)cnc2N2CC(N(C)C)C2)s1. The van der Waals surface area contributed by atoms with E-state index in [-0.39, 0.29) is 10.1 Å². The molecule has 0 radical (unpaired) electrons. The summed E-state index contributed by atoms with van der Waals surface area (Å²) in [6, 6.07) is 8.24. The fraction of sp³-hybridized carbons (Fsp3) is 0.379. The largest absolute Gasteiger partial charge is 0.352 e. The second-order valence-corrected chi connectivity index (χ2v) is 14.6. The van der Waals surface area contributed by atoms with Gasteiger partial charge in [-0.15, -0.1) is 11.3 Å². The number of amides is 1. The van der Waals surface area contributed by atoms with Crippen LogP contribution in [-0.2, 0) is 20.2 Å². The maximum atomic E-state index is 13.4. The monoisotopic (exact) mass is 589 g/mol. The van der Waals surface area contributed by atoms with E-state index in [1.165, 1.54) is 6.20 Å². The first-order valence-corrected chi connectivity index (χ1v) is 16.0. The number of carbonyl (C=O) groups is 1. The molecule has 2 fully saturated rings. The second kappa shape index (κ2) is 9.20. The Hall–Kier alpha value is -3.61. The number of thiazole rings is 1. The number of benzene rings is 1. The van der Waals surface area contributed by atoms with Gasteiger partial charge in [0.05, 0.1) is 39.7 Å². The number of sulfonamides is 1. The van der Waals surface area contributed by atoms with E-state index in [1.807, 2.05) is 39.3 Å². The number of anilines is 3. The van der Waals surface area contributed by atoms with Crippen molar-refractivity contribution in [3.05, 3.63) is 53.4 Å². The summed E-state index contributed by atoms with van der Waals surface area (Å²) in [4.78, 5) is 32.8. The molecule has 3 aromatic heterocycles. The number of fused-ring (bicyclic) bond motifs is 4. The van der Waals surface area contributed by atoms with Crippen LogP contribution in [0.1, 0.15) is 29.8 Å². The topological polar surface area (TPSA) is 112 Å². The molecule has 7 rings (SSSR count).